The Morgan fingerprint density at radius 1 is 1.53 bits per heavy atom. The van der Waals surface area contributed by atoms with Gasteiger partial charge in [0.15, 0.2) is 5.41 Å². The van der Waals surface area contributed by atoms with Gasteiger partial charge in [0.1, 0.15) is 0 Å². The first-order chi connectivity index (χ1) is 6.76. The zero-order valence-electron chi connectivity index (χ0n) is 9.66. The van der Waals surface area contributed by atoms with E-state index in [9.17, 15) is 9.59 Å². The Bertz CT molecular complexity index is 266. The minimum absolute atomic E-state index is 0.267. The number of carboxylic acid groups (broad SMARTS) is 1. The Labute approximate surface area is 89.9 Å². The highest BCUT2D eigenvalue weighted by molar-refractivity contribution is 6.02. The maximum absolute atomic E-state index is 11.7. The highest BCUT2D eigenvalue weighted by atomic mass is 16.5. The zero-order chi connectivity index (χ0) is 12.2. The second-order valence-corrected chi connectivity index (χ2v) is 3.83. The van der Waals surface area contributed by atoms with E-state index in [1.165, 1.54) is 13.8 Å². The summed E-state index contributed by atoms with van der Waals surface area (Å²) in [6.45, 7) is 9.91. The van der Waals surface area contributed by atoms with Crippen molar-refractivity contribution in [3.63, 3.8) is 0 Å². The van der Waals surface area contributed by atoms with E-state index in [2.05, 4.69) is 6.58 Å². The van der Waals surface area contributed by atoms with E-state index in [1.54, 1.807) is 6.92 Å². The van der Waals surface area contributed by atoms with Gasteiger partial charge in [-0.25, -0.2) is 0 Å². The van der Waals surface area contributed by atoms with Crippen molar-refractivity contribution >= 4 is 11.9 Å². The molecule has 0 saturated carbocycles. The molecule has 0 amide bonds. The number of carbonyl (C=O) groups is 2. The smallest absolute Gasteiger partial charge is 0.327 e. The number of hydrogen-bond acceptors (Lipinski definition) is 3. The molecule has 4 nitrogen and oxygen atoms in total. The van der Waals surface area contributed by atoms with Gasteiger partial charge in [0, 0.05) is 0 Å². The van der Waals surface area contributed by atoms with E-state index in [0.717, 1.165) is 0 Å². The molecule has 86 valence electrons. The fourth-order valence-corrected chi connectivity index (χ4v) is 0.828. The monoisotopic (exact) mass is 214 g/mol. The average molecular weight is 214 g/mol. The Morgan fingerprint density at radius 2 is 2.00 bits per heavy atom. The topological polar surface area (TPSA) is 63.6 Å². The van der Waals surface area contributed by atoms with Gasteiger partial charge in [-0.1, -0.05) is 19.1 Å². The maximum atomic E-state index is 11.7. The Hall–Kier alpha value is -1.32. The Morgan fingerprint density at radius 3 is 2.27 bits per heavy atom. The molecule has 0 saturated heterocycles. The van der Waals surface area contributed by atoms with E-state index in [4.69, 9.17) is 9.84 Å². The van der Waals surface area contributed by atoms with Crippen LogP contribution in [0.3, 0.4) is 0 Å². The lowest BCUT2D eigenvalue weighted by Crippen LogP contribution is -2.40. The Kier molecular flexibility index (Phi) is 4.52. The SMILES string of the molecule is C=C(C)C(C)(C(=O)O)C(=O)OC(C)CC. The molecule has 0 aromatic carbocycles. The molecule has 2 atom stereocenters. The summed E-state index contributed by atoms with van der Waals surface area (Å²) in [4.78, 5) is 22.7. The molecule has 15 heavy (non-hydrogen) atoms. The van der Waals surface area contributed by atoms with Crippen LogP contribution in [-0.2, 0) is 14.3 Å². The third kappa shape index (κ3) is 2.81. The van der Waals surface area contributed by atoms with Crippen LogP contribution in [0, 0.1) is 5.41 Å². The van der Waals surface area contributed by atoms with Gasteiger partial charge in [-0.3, -0.25) is 9.59 Å². The van der Waals surface area contributed by atoms with Crippen molar-refractivity contribution in [1.29, 1.82) is 0 Å². The molecular weight excluding hydrogens is 196 g/mol. The third-order valence-corrected chi connectivity index (χ3v) is 2.57. The van der Waals surface area contributed by atoms with Crippen LogP contribution in [0.25, 0.3) is 0 Å². The second kappa shape index (κ2) is 4.96. The molecule has 0 aromatic heterocycles. The quantitative estimate of drug-likeness (QED) is 0.432. The van der Waals surface area contributed by atoms with Gasteiger partial charge < -0.3 is 9.84 Å². The van der Waals surface area contributed by atoms with Gasteiger partial charge >= 0.3 is 11.9 Å². The first-order valence-corrected chi connectivity index (χ1v) is 4.87. The van der Waals surface area contributed by atoms with Crippen molar-refractivity contribution < 1.29 is 19.4 Å². The van der Waals surface area contributed by atoms with Gasteiger partial charge in [0.2, 0.25) is 0 Å². The lowest BCUT2D eigenvalue weighted by Gasteiger charge is -2.24. The minimum atomic E-state index is -1.65. The van der Waals surface area contributed by atoms with E-state index < -0.39 is 17.4 Å². The fourth-order valence-electron chi connectivity index (χ4n) is 0.828. The number of esters is 1. The van der Waals surface area contributed by atoms with Crippen molar-refractivity contribution in [3.8, 4) is 0 Å². The van der Waals surface area contributed by atoms with Crippen LogP contribution in [0.1, 0.15) is 34.1 Å². The summed E-state index contributed by atoms with van der Waals surface area (Å²) in [5.74, 6) is -1.99. The van der Waals surface area contributed by atoms with Crippen molar-refractivity contribution in [3.05, 3.63) is 12.2 Å². The average Bonchev–Trinajstić information content (AvgIpc) is 2.15. The van der Waals surface area contributed by atoms with Crippen molar-refractivity contribution in [2.75, 3.05) is 0 Å². The summed E-state index contributed by atoms with van der Waals surface area (Å²) in [5.41, 5.74) is -1.38. The summed E-state index contributed by atoms with van der Waals surface area (Å²) in [6.07, 6.45) is 0.369. The molecule has 0 bridgehead atoms. The first kappa shape index (κ1) is 13.7. The molecule has 0 aliphatic heterocycles. The number of rotatable bonds is 5. The predicted molar refractivity (Wildman–Crippen MR) is 56.4 cm³/mol. The van der Waals surface area contributed by atoms with E-state index in [-0.39, 0.29) is 11.7 Å². The van der Waals surface area contributed by atoms with E-state index in [1.807, 2.05) is 6.92 Å². The lowest BCUT2D eigenvalue weighted by molar-refractivity contribution is -0.167. The summed E-state index contributed by atoms with van der Waals surface area (Å²) in [7, 11) is 0. The van der Waals surface area contributed by atoms with Crippen LogP contribution in [0.15, 0.2) is 12.2 Å². The van der Waals surface area contributed by atoms with E-state index >= 15 is 0 Å². The normalized spacial score (nSPS) is 16.3. The number of aliphatic carboxylic acids is 1. The first-order valence-electron chi connectivity index (χ1n) is 4.87. The molecule has 2 unspecified atom stereocenters. The number of ether oxygens (including phenoxy) is 1. The van der Waals surface area contributed by atoms with Gasteiger partial charge in [0.05, 0.1) is 6.10 Å². The molecule has 0 rings (SSSR count). The van der Waals surface area contributed by atoms with Crippen LogP contribution in [0.4, 0.5) is 0 Å². The predicted octanol–water partition coefficient (Wildman–Crippen LogP) is 2.00. The molecule has 0 heterocycles. The minimum Gasteiger partial charge on any atom is -0.480 e. The van der Waals surface area contributed by atoms with Gasteiger partial charge in [-0.2, -0.15) is 0 Å². The van der Waals surface area contributed by atoms with Crippen LogP contribution >= 0.6 is 0 Å². The highest BCUT2D eigenvalue weighted by Crippen LogP contribution is 2.28. The number of hydrogen-bond donors (Lipinski definition) is 1. The van der Waals surface area contributed by atoms with Crippen molar-refractivity contribution in [2.45, 2.75) is 40.2 Å². The molecule has 0 aliphatic carbocycles. The molecular formula is C11H18O4. The summed E-state index contributed by atoms with van der Waals surface area (Å²) < 4.78 is 5.01. The standard InChI is InChI=1S/C11H18O4/c1-6-8(4)15-10(14)11(5,7(2)3)9(12)13/h8H,2,6H2,1,3-5H3,(H,12,13). The van der Waals surface area contributed by atoms with E-state index in [0.29, 0.717) is 6.42 Å². The van der Waals surface area contributed by atoms with Gasteiger partial charge in [-0.05, 0) is 27.2 Å². The summed E-state index contributed by atoms with van der Waals surface area (Å²) in [6, 6.07) is 0. The number of carboxylic acids is 1. The van der Waals surface area contributed by atoms with Crippen molar-refractivity contribution in [1.82, 2.24) is 0 Å². The second-order valence-electron chi connectivity index (χ2n) is 3.83. The molecule has 0 aliphatic rings. The molecule has 0 aromatic rings. The van der Waals surface area contributed by atoms with Crippen LogP contribution in [0.2, 0.25) is 0 Å². The molecule has 4 heteroatoms. The van der Waals surface area contributed by atoms with Gasteiger partial charge in [0.25, 0.3) is 0 Å². The van der Waals surface area contributed by atoms with Gasteiger partial charge in [-0.15, -0.1) is 0 Å². The summed E-state index contributed by atoms with van der Waals surface area (Å²) in [5, 5.41) is 9.00. The molecule has 1 N–H and O–H groups in total. The van der Waals surface area contributed by atoms with Crippen LogP contribution in [-0.4, -0.2) is 23.1 Å². The zero-order valence-corrected chi connectivity index (χ0v) is 9.66. The molecule has 0 spiro atoms. The molecule has 0 radical (unpaired) electrons. The third-order valence-electron chi connectivity index (χ3n) is 2.57. The lowest BCUT2D eigenvalue weighted by atomic mass is 9.84. The maximum Gasteiger partial charge on any atom is 0.327 e. The number of carbonyl (C=O) groups excluding carboxylic acids is 1. The highest BCUT2D eigenvalue weighted by Gasteiger charge is 2.44. The summed E-state index contributed by atoms with van der Waals surface area (Å²) >= 11 is 0. The Balaban J connectivity index is 4.88. The molecule has 0 fully saturated rings. The van der Waals surface area contributed by atoms with Crippen LogP contribution < -0.4 is 0 Å². The van der Waals surface area contributed by atoms with Crippen molar-refractivity contribution in [2.24, 2.45) is 5.41 Å². The fraction of sp³-hybridized carbons (Fsp3) is 0.636. The largest absolute Gasteiger partial charge is 0.480 e. The van der Waals surface area contributed by atoms with Crippen LogP contribution in [0.5, 0.6) is 0 Å².